The Balaban J connectivity index is 2.34. The van der Waals surface area contributed by atoms with Crippen molar-refractivity contribution in [2.75, 3.05) is 6.61 Å². The highest BCUT2D eigenvalue weighted by molar-refractivity contribution is 9.10. The van der Waals surface area contributed by atoms with Crippen LogP contribution < -0.4 is 4.74 Å². The molecule has 0 N–H and O–H groups in total. The third-order valence-corrected chi connectivity index (χ3v) is 3.36. The van der Waals surface area contributed by atoms with Crippen molar-refractivity contribution in [2.24, 2.45) is 0 Å². The number of carbonyl (C=O) groups excluding carboxylic acids is 1. The fourth-order valence-electron chi connectivity index (χ4n) is 1.78. The molecule has 5 nitrogen and oxygen atoms in total. The maximum Gasteiger partial charge on any atom is 0.434 e. The van der Waals surface area contributed by atoms with Crippen LogP contribution in [0, 0.1) is 0 Å². The molecule has 0 aliphatic carbocycles. The minimum absolute atomic E-state index is 0.0499. The second kappa shape index (κ2) is 7.61. The van der Waals surface area contributed by atoms with E-state index in [9.17, 15) is 18.0 Å². The van der Waals surface area contributed by atoms with Gasteiger partial charge in [-0.05, 0) is 41.1 Å². The summed E-state index contributed by atoms with van der Waals surface area (Å²) in [5.41, 5.74) is -1.52. The van der Waals surface area contributed by atoms with Gasteiger partial charge in [-0.3, -0.25) is 4.98 Å². The third kappa shape index (κ3) is 4.44. The zero-order valence-electron chi connectivity index (χ0n) is 12.4. The van der Waals surface area contributed by atoms with E-state index in [1.165, 1.54) is 13.1 Å². The monoisotopic (exact) mass is 404 g/mol. The Morgan fingerprint density at radius 2 is 2.08 bits per heavy atom. The summed E-state index contributed by atoms with van der Waals surface area (Å²) in [7, 11) is 0. The molecule has 0 aliphatic heterocycles. The summed E-state index contributed by atoms with van der Waals surface area (Å²) in [5, 5.41) is 0. The summed E-state index contributed by atoms with van der Waals surface area (Å²) < 4.78 is 49.5. The van der Waals surface area contributed by atoms with Crippen LogP contribution in [0.5, 0.6) is 5.88 Å². The van der Waals surface area contributed by atoms with Crippen LogP contribution in [0.15, 0.2) is 34.9 Å². The smallest absolute Gasteiger partial charge is 0.434 e. The molecule has 9 heteroatoms. The number of ether oxygens (including phenoxy) is 2. The maximum absolute atomic E-state index is 13.2. The molecule has 0 unspecified atom stereocenters. The normalized spacial score (nSPS) is 11.2. The number of carbonyl (C=O) groups is 1. The van der Waals surface area contributed by atoms with Crippen molar-refractivity contribution >= 4 is 21.9 Å². The molecule has 0 radical (unpaired) electrons. The van der Waals surface area contributed by atoms with Gasteiger partial charge in [0.25, 0.3) is 0 Å². The van der Waals surface area contributed by atoms with Gasteiger partial charge in [0.2, 0.25) is 5.88 Å². The quantitative estimate of drug-likeness (QED) is 0.704. The molecule has 0 fully saturated rings. The van der Waals surface area contributed by atoms with Crippen molar-refractivity contribution in [3.63, 3.8) is 0 Å². The summed E-state index contributed by atoms with van der Waals surface area (Å²) in [4.78, 5) is 19.2. The average molecular weight is 405 g/mol. The van der Waals surface area contributed by atoms with Crippen LogP contribution in [-0.2, 0) is 17.5 Å². The van der Waals surface area contributed by atoms with Crippen LogP contribution in [0.25, 0.3) is 0 Å². The van der Waals surface area contributed by atoms with E-state index < -0.39 is 23.4 Å². The highest BCUT2D eigenvalue weighted by Crippen LogP contribution is 2.35. The first-order chi connectivity index (χ1) is 11.3. The Morgan fingerprint density at radius 3 is 2.67 bits per heavy atom. The summed E-state index contributed by atoms with van der Waals surface area (Å²) >= 11 is 3.06. The molecular weight excluding hydrogens is 393 g/mol. The van der Waals surface area contributed by atoms with Crippen molar-refractivity contribution in [2.45, 2.75) is 19.7 Å². The molecule has 0 saturated carbocycles. The van der Waals surface area contributed by atoms with E-state index in [0.29, 0.717) is 5.69 Å². The van der Waals surface area contributed by atoms with Gasteiger partial charge in [-0.25, -0.2) is 9.78 Å². The molecule has 2 aromatic heterocycles. The number of aromatic nitrogens is 2. The fraction of sp³-hybridized carbons (Fsp3) is 0.267. The molecule has 24 heavy (non-hydrogen) atoms. The summed E-state index contributed by atoms with van der Waals surface area (Å²) in [5.74, 6) is -1.39. The SMILES string of the molecule is CCOC(=O)c1cc(Br)c(OCc2ccccn2)nc1C(F)(F)F. The molecule has 0 amide bonds. The van der Waals surface area contributed by atoms with Crippen LogP contribution in [-0.4, -0.2) is 22.5 Å². The molecule has 2 aromatic rings. The van der Waals surface area contributed by atoms with Crippen LogP contribution in [0.3, 0.4) is 0 Å². The lowest BCUT2D eigenvalue weighted by Crippen LogP contribution is -2.18. The Bertz CT molecular complexity index is 724. The van der Waals surface area contributed by atoms with Crippen LogP contribution in [0.4, 0.5) is 13.2 Å². The predicted octanol–water partition coefficient (Wildman–Crippen LogP) is 4.01. The average Bonchev–Trinajstić information content (AvgIpc) is 2.53. The van der Waals surface area contributed by atoms with Crippen molar-refractivity contribution < 1.29 is 27.4 Å². The lowest BCUT2D eigenvalue weighted by atomic mass is 10.2. The van der Waals surface area contributed by atoms with Crippen LogP contribution >= 0.6 is 15.9 Å². The molecule has 0 atom stereocenters. The van der Waals surface area contributed by atoms with Crippen molar-refractivity contribution in [3.8, 4) is 5.88 Å². The second-order valence-electron chi connectivity index (χ2n) is 4.50. The van der Waals surface area contributed by atoms with E-state index in [0.717, 1.165) is 6.07 Å². The van der Waals surface area contributed by atoms with Gasteiger partial charge < -0.3 is 9.47 Å². The third-order valence-electron chi connectivity index (χ3n) is 2.79. The Morgan fingerprint density at radius 1 is 1.33 bits per heavy atom. The Kier molecular flexibility index (Phi) is 5.76. The molecule has 0 bridgehead atoms. The van der Waals surface area contributed by atoms with E-state index in [2.05, 4.69) is 30.6 Å². The molecule has 0 spiro atoms. The standard InChI is InChI=1S/C15H12BrF3N2O3/c1-2-23-14(22)10-7-11(16)13(21-12(10)15(17,18)19)24-8-9-5-3-4-6-20-9/h3-7H,2,8H2,1H3. The first kappa shape index (κ1) is 18.2. The highest BCUT2D eigenvalue weighted by Gasteiger charge is 2.39. The number of pyridine rings is 2. The summed E-state index contributed by atoms with van der Waals surface area (Å²) in [6, 6.07) is 6.07. The number of esters is 1. The van der Waals surface area contributed by atoms with E-state index in [1.54, 1.807) is 18.2 Å². The number of hydrogen-bond donors (Lipinski definition) is 0. The van der Waals surface area contributed by atoms with E-state index in [1.807, 2.05) is 0 Å². The summed E-state index contributed by atoms with van der Waals surface area (Å²) in [6.45, 7) is 1.38. The molecule has 0 aliphatic rings. The van der Waals surface area contributed by atoms with Crippen molar-refractivity contribution in [3.05, 3.63) is 51.9 Å². The van der Waals surface area contributed by atoms with E-state index in [-0.39, 0.29) is 23.6 Å². The molecule has 128 valence electrons. The van der Waals surface area contributed by atoms with Crippen LogP contribution in [0.1, 0.15) is 28.7 Å². The van der Waals surface area contributed by atoms with Gasteiger partial charge >= 0.3 is 12.1 Å². The Hall–Kier alpha value is -2.16. The van der Waals surface area contributed by atoms with Gasteiger partial charge in [-0.2, -0.15) is 13.2 Å². The van der Waals surface area contributed by atoms with Gasteiger partial charge in [-0.15, -0.1) is 0 Å². The predicted molar refractivity (Wildman–Crippen MR) is 81.5 cm³/mol. The molecule has 2 rings (SSSR count). The lowest BCUT2D eigenvalue weighted by molar-refractivity contribution is -0.142. The van der Waals surface area contributed by atoms with Gasteiger partial charge in [-0.1, -0.05) is 6.07 Å². The number of halogens is 4. The zero-order chi connectivity index (χ0) is 17.7. The topological polar surface area (TPSA) is 61.3 Å². The van der Waals surface area contributed by atoms with Gasteiger partial charge in [0.05, 0.1) is 22.3 Å². The van der Waals surface area contributed by atoms with Gasteiger partial charge in [0, 0.05) is 6.20 Å². The van der Waals surface area contributed by atoms with Crippen molar-refractivity contribution in [1.29, 1.82) is 0 Å². The van der Waals surface area contributed by atoms with Crippen molar-refractivity contribution in [1.82, 2.24) is 9.97 Å². The minimum atomic E-state index is -4.83. The number of hydrogen-bond acceptors (Lipinski definition) is 5. The second-order valence-corrected chi connectivity index (χ2v) is 5.35. The molecule has 0 aromatic carbocycles. The number of rotatable bonds is 5. The highest BCUT2D eigenvalue weighted by atomic mass is 79.9. The largest absolute Gasteiger partial charge is 0.470 e. The first-order valence-electron chi connectivity index (χ1n) is 6.80. The minimum Gasteiger partial charge on any atom is -0.470 e. The maximum atomic E-state index is 13.2. The fourth-order valence-corrected chi connectivity index (χ4v) is 2.21. The van der Waals surface area contributed by atoms with Gasteiger partial charge in [0.15, 0.2) is 5.69 Å². The number of alkyl halides is 3. The zero-order valence-corrected chi connectivity index (χ0v) is 14.0. The first-order valence-corrected chi connectivity index (χ1v) is 7.59. The number of nitrogens with zero attached hydrogens (tertiary/aromatic N) is 2. The van der Waals surface area contributed by atoms with Crippen LogP contribution in [0.2, 0.25) is 0 Å². The van der Waals surface area contributed by atoms with E-state index in [4.69, 9.17) is 4.74 Å². The van der Waals surface area contributed by atoms with Gasteiger partial charge in [0.1, 0.15) is 6.61 Å². The molecule has 0 saturated heterocycles. The van der Waals surface area contributed by atoms with E-state index >= 15 is 0 Å². The summed E-state index contributed by atoms with van der Waals surface area (Å²) in [6.07, 6.45) is -3.29. The Labute approximate surface area is 144 Å². The molecular formula is C15H12BrF3N2O3. The molecule has 2 heterocycles. The lowest BCUT2D eigenvalue weighted by Gasteiger charge is -2.14.